The lowest BCUT2D eigenvalue weighted by atomic mass is 9.95. The predicted octanol–water partition coefficient (Wildman–Crippen LogP) is 1.43. The smallest absolute Gasteiger partial charge is 0.335 e. The number of halogens is 3. The Labute approximate surface area is 119 Å². The van der Waals surface area contributed by atoms with E-state index in [9.17, 15) is 18.0 Å². The van der Waals surface area contributed by atoms with Crippen LogP contribution >= 0.6 is 0 Å². The van der Waals surface area contributed by atoms with Crippen molar-refractivity contribution >= 4 is 6.03 Å². The van der Waals surface area contributed by atoms with Crippen molar-refractivity contribution in [2.75, 3.05) is 19.6 Å². The molecule has 1 aliphatic carbocycles. The molecule has 1 aromatic heterocycles. The fourth-order valence-corrected chi connectivity index (χ4v) is 2.58. The minimum Gasteiger partial charge on any atom is -0.335 e. The number of amides is 2. The van der Waals surface area contributed by atoms with Crippen molar-refractivity contribution in [2.24, 2.45) is 11.8 Å². The molecule has 0 radical (unpaired) electrons. The lowest BCUT2D eigenvalue weighted by Crippen LogP contribution is -2.55. The summed E-state index contributed by atoms with van der Waals surface area (Å²) in [4.78, 5) is 16.9. The molecule has 2 aliphatic rings. The monoisotopic (exact) mass is 303 g/mol. The topological polar surface area (TPSA) is 63.1 Å². The SMILES string of the molecule is O=C(NCC(n1cncn1)C(F)(F)F)N1CC(C2CC2)C1. The van der Waals surface area contributed by atoms with Crippen LogP contribution in [0.1, 0.15) is 18.9 Å². The van der Waals surface area contributed by atoms with Gasteiger partial charge in [0.1, 0.15) is 12.7 Å². The first-order valence-corrected chi connectivity index (χ1v) is 6.88. The second-order valence-corrected chi connectivity index (χ2v) is 5.62. The third-order valence-electron chi connectivity index (χ3n) is 4.07. The van der Waals surface area contributed by atoms with E-state index in [0.29, 0.717) is 29.6 Å². The zero-order chi connectivity index (χ0) is 15.0. The van der Waals surface area contributed by atoms with Crippen LogP contribution in [0.25, 0.3) is 0 Å². The van der Waals surface area contributed by atoms with E-state index in [4.69, 9.17) is 0 Å². The van der Waals surface area contributed by atoms with E-state index in [1.165, 1.54) is 12.8 Å². The second kappa shape index (κ2) is 5.19. The van der Waals surface area contributed by atoms with E-state index in [2.05, 4.69) is 15.4 Å². The number of hydrogen-bond acceptors (Lipinski definition) is 3. The number of rotatable bonds is 4. The molecule has 3 rings (SSSR count). The first-order chi connectivity index (χ1) is 9.95. The molecule has 0 aromatic carbocycles. The summed E-state index contributed by atoms with van der Waals surface area (Å²) in [5.74, 6) is 1.25. The summed E-state index contributed by atoms with van der Waals surface area (Å²) in [6.07, 6.45) is -0.0368. The number of nitrogens with zero attached hydrogens (tertiary/aromatic N) is 4. The number of urea groups is 1. The van der Waals surface area contributed by atoms with Gasteiger partial charge in [0.2, 0.25) is 0 Å². The Kier molecular flexibility index (Phi) is 3.50. The van der Waals surface area contributed by atoms with E-state index in [1.807, 2.05) is 0 Å². The van der Waals surface area contributed by atoms with Crippen LogP contribution in [-0.2, 0) is 0 Å². The van der Waals surface area contributed by atoms with Crippen LogP contribution in [0, 0.1) is 11.8 Å². The van der Waals surface area contributed by atoms with Crippen molar-refractivity contribution in [2.45, 2.75) is 25.1 Å². The molecule has 1 aromatic rings. The molecular formula is C12H16F3N5O. The summed E-state index contributed by atoms with van der Waals surface area (Å²) in [7, 11) is 0. The number of hydrogen-bond donors (Lipinski definition) is 1. The lowest BCUT2D eigenvalue weighted by molar-refractivity contribution is -0.168. The number of carbonyl (C=O) groups excluding carboxylic acids is 1. The molecule has 9 heteroatoms. The summed E-state index contributed by atoms with van der Waals surface area (Å²) < 4.78 is 39.6. The van der Waals surface area contributed by atoms with Gasteiger partial charge in [-0.2, -0.15) is 18.3 Å². The Morgan fingerprint density at radius 3 is 2.57 bits per heavy atom. The van der Waals surface area contributed by atoms with E-state index >= 15 is 0 Å². The molecule has 2 fully saturated rings. The molecule has 2 amide bonds. The standard InChI is InChI=1S/C12H16F3N5O/c13-12(14,15)10(20-7-16-6-18-20)3-17-11(21)19-4-9(5-19)8-1-2-8/h6-10H,1-5H2,(H,17,21). The molecule has 1 saturated heterocycles. The van der Waals surface area contributed by atoms with Gasteiger partial charge in [0, 0.05) is 13.1 Å². The quantitative estimate of drug-likeness (QED) is 0.915. The molecule has 1 aliphatic heterocycles. The third-order valence-corrected chi connectivity index (χ3v) is 4.07. The Bertz CT molecular complexity index is 493. The Balaban J connectivity index is 1.51. The van der Waals surface area contributed by atoms with Gasteiger partial charge in [0.15, 0.2) is 6.04 Å². The Morgan fingerprint density at radius 1 is 1.33 bits per heavy atom. The van der Waals surface area contributed by atoms with Crippen molar-refractivity contribution in [1.82, 2.24) is 25.0 Å². The van der Waals surface area contributed by atoms with Crippen LogP contribution in [0.4, 0.5) is 18.0 Å². The fraction of sp³-hybridized carbons (Fsp3) is 0.750. The summed E-state index contributed by atoms with van der Waals surface area (Å²) >= 11 is 0. The van der Waals surface area contributed by atoms with Crippen LogP contribution in [0.15, 0.2) is 12.7 Å². The number of aromatic nitrogens is 3. The Hall–Kier alpha value is -1.80. The minimum atomic E-state index is -4.49. The van der Waals surface area contributed by atoms with Crippen molar-refractivity contribution in [3.05, 3.63) is 12.7 Å². The zero-order valence-electron chi connectivity index (χ0n) is 11.3. The van der Waals surface area contributed by atoms with E-state index in [1.54, 1.807) is 4.90 Å². The van der Waals surface area contributed by atoms with Gasteiger partial charge in [-0.15, -0.1) is 0 Å². The molecule has 1 saturated carbocycles. The molecule has 6 nitrogen and oxygen atoms in total. The molecule has 21 heavy (non-hydrogen) atoms. The number of carbonyl (C=O) groups is 1. The van der Waals surface area contributed by atoms with Gasteiger partial charge in [-0.3, -0.25) is 0 Å². The molecule has 116 valence electrons. The maximum absolute atomic E-state index is 13.0. The summed E-state index contributed by atoms with van der Waals surface area (Å²) in [5.41, 5.74) is 0. The van der Waals surface area contributed by atoms with Gasteiger partial charge in [-0.05, 0) is 24.7 Å². The maximum Gasteiger partial charge on any atom is 0.412 e. The van der Waals surface area contributed by atoms with Crippen LogP contribution in [0.3, 0.4) is 0 Å². The molecule has 0 spiro atoms. The molecule has 0 bridgehead atoms. The average Bonchev–Trinajstić information content (AvgIpc) is 3.01. The first-order valence-electron chi connectivity index (χ1n) is 6.88. The third kappa shape index (κ3) is 3.11. The maximum atomic E-state index is 13.0. The Morgan fingerprint density at radius 2 is 2.05 bits per heavy atom. The van der Waals surface area contributed by atoms with Gasteiger partial charge in [0.05, 0.1) is 6.54 Å². The van der Waals surface area contributed by atoms with Gasteiger partial charge in [-0.1, -0.05) is 0 Å². The van der Waals surface area contributed by atoms with Gasteiger partial charge >= 0.3 is 12.2 Å². The van der Waals surface area contributed by atoms with Crippen molar-refractivity contribution < 1.29 is 18.0 Å². The van der Waals surface area contributed by atoms with Crippen molar-refractivity contribution in [3.8, 4) is 0 Å². The van der Waals surface area contributed by atoms with Crippen LogP contribution in [-0.4, -0.2) is 51.5 Å². The summed E-state index contributed by atoms with van der Waals surface area (Å²) in [6.45, 7) is 0.753. The second-order valence-electron chi connectivity index (χ2n) is 5.62. The van der Waals surface area contributed by atoms with Crippen molar-refractivity contribution in [1.29, 1.82) is 0 Å². The van der Waals surface area contributed by atoms with Gasteiger partial charge in [-0.25, -0.2) is 14.5 Å². The number of likely N-dealkylation sites (tertiary alicyclic amines) is 1. The molecular weight excluding hydrogens is 287 g/mol. The normalized spacial score (nSPS) is 21.0. The molecule has 1 N–H and O–H groups in total. The van der Waals surface area contributed by atoms with Crippen LogP contribution in [0.5, 0.6) is 0 Å². The summed E-state index contributed by atoms with van der Waals surface area (Å²) in [5, 5.41) is 5.84. The molecule has 1 atom stereocenters. The first kappa shape index (κ1) is 14.2. The highest BCUT2D eigenvalue weighted by atomic mass is 19.4. The molecule has 1 unspecified atom stereocenters. The minimum absolute atomic E-state index is 0.443. The predicted molar refractivity (Wildman–Crippen MR) is 66.3 cm³/mol. The largest absolute Gasteiger partial charge is 0.412 e. The zero-order valence-corrected chi connectivity index (χ0v) is 11.3. The highest BCUT2D eigenvalue weighted by molar-refractivity contribution is 5.75. The fourth-order valence-electron chi connectivity index (χ4n) is 2.58. The average molecular weight is 303 g/mol. The molecule has 2 heterocycles. The highest BCUT2D eigenvalue weighted by Gasteiger charge is 2.44. The van der Waals surface area contributed by atoms with E-state index in [0.717, 1.165) is 12.7 Å². The van der Waals surface area contributed by atoms with Crippen LogP contribution < -0.4 is 5.32 Å². The highest BCUT2D eigenvalue weighted by Crippen LogP contribution is 2.41. The number of alkyl halides is 3. The van der Waals surface area contributed by atoms with E-state index < -0.39 is 24.8 Å². The van der Waals surface area contributed by atoms with Crippen LogP contribution in [0.2, 0.25) is 0 Å². The van der Waals surface area contributed by atoms with Gasteiger partial charge in [0.25, 0.3) is 0 Å². The van der Waals surface area contributed by atoms with E-state index in [-0.39, 0.29) is 0 Å². The number of nitrogens with one attached hydrogen (secondary N) is 1. The summed E-state index contributed by atoms with van der Waals surface area (Å²) in [6, 6.07) is -2.34. The van der Waals surface area contributed by atoms with Crippen molar-refractivity contribution in [3.63, 3.8) is 0 Å². The van der Waals surface area contributed by atoms with Gasteiger partial charge < -0.3 is 10.2 Å². The lowest BCUT2D eigenvalue weighted by Gasteiger charge is -2.39.